The summed E-state index contributed by atoms with van der Waals surface area (Å²) in [6, 6.07) is 10.3. The van der Waals surface area contributed by atoms with Gasteiger partial charge in [-0.2, -0.15) is 0 Å². The Kier molecular flexibility index (Phi) is 3.35. The smallest absolute Gasteiger partial charge is 0.233 e. The summed E-state index contributed by atoms with van der Waals surface area (Å²) in [6.07, 6.45) is 0. The molecule has 0 amide bonds. The Morgan fingerprint density at radius 1 is 1.24 bits per heavy atom. The molecule has 17 heavy (non-hydrogen) atoms. The van der Waals surface area contributed by atoms with Gasteiger partial charge in [-0.3, -0.25) is 4.79 Å². The van der Waals surface area contributed by atoms with Gasteiger partial charge in [0.15, 0.2) is 10.9 Å². The molecule has 1 aromatic heterocycles. The van der Waals surface area contributed by atoms with Gasteiger partial charge in [0.25, 0.3) is 0 Å². The fraction of sp³-hybridized carbons (Fsp3) is 0.0833. The summed E-state index contributed by atoms with van der Waals surface area (Å²) < 4.78 is 4.91. The normalized spacial score (nSPS) is 10.0. The van der Waals surface area contributed by atoms with E-state index in [1.807, 2.05) is 6.07 Å². The second kappa shape index (κ2) is 4.93. The van der Waals surface area contributed by atoms with Crippen LogP contribution in [-0.2, 0) is 0 Å². The van der Waals surface area contributed by atoms with Crippen LogP contribution in [0.2, 0.25) is 5.15 Å². The number of aromatic nitrogens is 2. The Bertz CT molecular complexity index is 543. The second-order valence-corrected chi connectivity index (χ2v) is 3.64. The first-order valence-electron chi connectivity index (χ1n) is 4.89. The summed E-state index contributed by atoms with van der Waals surface area (Å²) in [7, 11) is 1.45. The molecule has 0 saturated carbocycles. The van der Waals surface area contributed by atoms with Crippen molar-refractivity contribution in [3.63, 3.8) is 0 Å². The first-order chi connectivity index (χ1) is 8.22. The molecule has 0 aliphatic heterocycles. The molecule has 0 unspecified atom stereocenters. The molecular formula is C12H9ClN2O2. The van der Waals surface area contributed by atoms with Gasteiger partial charge >= 0.3 is 0 Å². The first-order valence-corrected chi connectivity index (χ1v) is 5.27. The molecule has 0 bridgehead atoms. The molecular weight excluding hydrogens is 240 g/mol. The van der Waals surface area contributed by atoms with Crippen LogP contribution in [0, 0.1) is 0 Å². The summed E-state index contributed by atoms with van der Waals surface area (Å²) in [5.74, 6) is 0.0532. The summed E-state index contributed by atoms with van der Waals surface area (Å²) >= 11 is 5.85. The van der Waals surface area contributed by atoms with Crippen molar-refractivity contribution >= 4 is 17.4 Å². The van der Waals surface area contributed by atoms with Crippen molar-refractivity contribution in [3.8, 4) is 5.88 Å². The van der Waals surface area contributed by atoms with E-state index in [1.165, 1.54) is 13.2 Å². The SMILES string of the molecule is COc1cc(C(=O)c2ccccc2)c(Cl)nn1. The Balaban J connectivity index is 2.44. The van der Waals surface area contributed by atoms with Gasteiger partial charge in [-0.15, -0.1) is 10.2 Å². The quantitative estimate of drug-likeness (QED) is 0.783. The molecule has 0 atom stereocenters. The van der Waals surface area contributed by atoms with Crippen LogP contribution in [0.25, 0.3) is 0 Å². The van der Waals surface area contributed by atoms with Crippen molar-refractivity contribution in [2.75, 3.05) is 7.11 Å². The summed E-state index contributed by atoms with van der Waals surface area (Å²) in [5, 5.41) is 7.41. The average molecular weight is 249 g/mol. The topological polar surface area (TPSA) is 52.1 Å². The minimum absolute atomic E-state index is 0.0691. The fourth-order valence-corrected chi connectivity index (χ4v) is 1.54. The van der Waals surface area contributed by atoms with Gasteiger partial charge in [0, 0.05) is 11.6 Å². The molecule has 0 radical (unpaired) electrons. The molecule has 0 aliphatic rings. The molecule has 2 rings (SSSR count). The van der Waals surface area contributed by atoms with E-state index in [1.54, 1.807) is 24.3 Å². The van der Waals surface area contributed by atoms with E-state index in [9.17, 15) is 4.79 Å². The molecule has 0 spiro atoms. The lowest BCUT2D eigenvalue weighted by molar-refractivity contribution is 0.103. The molecule has 1 heterocycles. The molecule has 0 aliphatic carbocycles. The number of carbonyl (C=O) groups excluding carboxylic acids is 1. The van der Waals surface area contributed by atoms with E-state index < -0.39 is 0 Å². The number of ketones is 1. The third kappa shape index (κ3) is 2.42. The number of carbonyl (C=O) groups is 1. The van der Waals surface area contributed by atoms with Crippen molar-refractivity contribution in [2.24, 2.45) is 0 Å². The molecule has 4 nitrogen and oxygen atoms in total. The molecule has 1 aromatic carbocycles. The van der Waals surface area contributed by atoms with E-state index in [-0.39, 0.29) is 22.4 Å². The highest BCUT2D eigenvalue weighted by Crippen LogP contribution is 2.19. The lowest BCUT2D eigenvalue weighted by atomic mass is 10.1. The predicted octanol–water partition coefficient (Wildman–Crippen LogP) is 2.37. The summed E-state index contributed by atoms with van der Waals surface area (Å²) in [4.78, 5) is 12.1. The van der Waals surface area contributed by atoms with Crippen molar-refractivity contribution < 1.29 is 9.53 Å². The zero-order chi connectivity index (χ0) is 12.3. The van der Waals surface area contributed by atoms with Gasteiger partial charge in [0.2, 0.25) is 5.88 Å². The average Bonchev–Trinajstić information content (AvgIpc) is 2.39. The predicted molar refractivity (Wildman–Crippen MR) is 63.5 cm³/mol. The second-order valence-electron chi connectivity index (χ2n) is 3.29. The number of ether oxygens (including phenoxy) is 1. The largest absolute Gasteiger partial charge is 0.480 e. The van der Waals surface area contributed by atoms with Gasteiger partial charge in [-0.25, -0.2) is 0 Å². The number of hydrogen-bond acceptors (Lipinski definition) is 4. The standard InChI is InChI=1S/C12H9ClN2O2/c1-17-10-7-9(12(13)15-14-10)11(16)8-5-3-2-4-6-8/h2-7H,1H3. The minimum atomic E-state index is -0.205. The number of methoxy groups -OCH3 is 1. The van der Waals surface area contributed by atoms with Crippen LogP contribution < -0.4 is 4.74 Å². The lowest BCUT2D eigenvalue weighted by Crippen LogP contribution is -2.05. The van der Waals surface area contributed by atoms with Gasteiger partial charge in [-0.1, -0.05) is 41.9 Å². The van der Waals surface area contributed by atoms with Crippen LogP contribution in [0.15, 0.2) is 36.4 Å². The van der Waals surface area contributed by atoms with E-state index in [4.69, 9.17) is 16.3 Å². The molecule has 0 saturated heterocycles. The highest BCUT2D eigenvalue weighted by Gasteiger charge is 2.15. The molecule has 2 aromatic rings. The zero-order valence-electron chi connectivity index (χ0n) is 9.05. The zero-order valence-corrected chi connectivity index (χ0v) is 9.81. The van der Waals surface area contributed by atoms with Crippen molar-refractivity contribution in [2.45, 2.75) is 0 Å². The number of benzene rings is 1. The highest BCUT2D eigenvalue weighted by atomic mass is 35.5. The van der Waals surface area contributed by atoms with E-state index >= 15 is 0 Å². The Labute approximate surface area is 103 Å². The van der Waals surface area contributed by atoms with Gasteiger partial charge in [0.1, 0.15) is 0 Å². The maximum Gasteiger partial charge on any atom is 0.233 e. The van der Waals surface area contributed by atoms with Gasteiger partial charge < -0.3 is 4.74 Å². The van der Waals surface area contributed by atoms with Crippen molar-refractivity contribution in [1.82, 2.24) is 10.2 Å². The molecule has 0 N–H and O–H groups in total. The van der Waals surface area contributed by atoms with Crippen LogP contribution in [0.1, 0.15) is 15.9 Å². The van der Waals surface area contributed by atoms with E-state index in [0.29, 0.717) is 5.56 Å². The maximum absolute atomic E-state index is 12.1. The third-order valence-electron chi connectivity index (χ3n) is 2.22. The van der Waals surface area contributed by atoms with E-state index in [2.05, 4.69) is 10.2 Å². The van der Waals surface area contributed by atoms with E-state index in [0.717, 1.165) is 0 Å². The number of rotatable bonds is 3. The van der Waals surface area contributed by atoms with Crippen LogP contribution in [0.5, 0.6) is 5.88 Å². The monoisotopic (exact) mass is 248 g/mol. The summed E-state index contributed by atoms with van der Waals surface area (Å²) in [5.41, 5.74) is 0.828. The maximum atomic E-state index is 12.1. The summed E-state index contributed by atoms with van der Waals surface area (Å²) in [6.45, 7) is 0. The van der Waals surface area contributed by atoms with Gasteiger partial charge in [0.05, 0.1) is 12.7 Å². The molecule has 0 fully saturated rings. The lowest BCUT2D eigenvalue weighted by Gasteiger charge is -2.04. The fourth-order valence-electron chi connectivity index (χ4n) is 1.36. The van der Waals surface area contributed by atoms with Crippen molar-refractivity contribution in [3.05, 3.63) is 52.7 Å². The highest BCUT2D eigenvalue weighted by molar-refractivity contribution is 6.33. The van der Waals surface area contributed by atoms with Crippen molar-refractivity contribution in [1.29, 1.82) is 0 Å². The Hall–Kier alpha value is -1.94. The first kappa shape index (κ1) is 11.5. The Morgan fingerprint density at radius 3 is 2.59 bits per heavy atom. The number of halogens is 1. The van der Waals surface area contributed by atoms with Gasteiger partial charge in [-0.05, 0) is 0 Å². The number of hydrogen-bond donors (Lipinski definition) is 0. The molecule has 5 heteroatoms. The van der Waals surface area contributed by atoms with Crippen LogP contribution in [-0.4, -0.2) is 23.1 Å². The van der Waals surface area contributed by atoms with Crippen LogP contribution >= 0.6 is 11.6 Å². The van der Waals surface area contributed by atoms with Crippen LogP contribution in [0.4, 0.5) is 0 Å². The minimum Gasteiger partial charge on any atom is -0.480 e. The number of nitrogens with zero attached hydrogens (tertiary/aromatic N) is 2. The Morgan fingerprint density at radius 2 is 1.94 bits per heavy atom. The third-order valence-corrected chi connectivity index (χ3v) is 2.50. The molecule has 86 valence electrons. The van der Waals surface area contributed by atoms with Crippen LogP contribution in [0.3, 0.4) is 0 Å².